The molecule has 9 nitrogen and oxygen atoms in total. The Labute approximate surface area is 174 Å². The summed E-state index contributed by atoms with van der Waals surface area (Å²) in [6.45, 7) is 0.781. The van der Waals surface area contributed by atoms with E-state index in [0.717, 1.165) is 6.29 Å². The molecule has 9 heteroatoms. The smallest absolute Gasteiger partial charge is 0.161 e. The van der Waals surface area contributed by atoms with E-state index >= 15 is 0 Å². The second-order valence-corrected chi connectivity index (χ2v) is 6.15. The van der Waals surface area contributed by atoms with E-state index in [0.29, 0.717) is 58.7 Å². The number of carbonyl (C=O) groups is 1. The molecule has 0 radical (unpaired) electrons. The Hall–Kier alpha value is -3.75. The first-order valence-electron chi connectivity index (χ1n) is 9.10. The molecule has 0 aliphatic carbocycles. The molecule has 0 aliphatic heterocycles. The average Bonchev–Trinajstić information content (AvgIpc) is 3.26. The molecule has 0 spiro atoms. The second-order valence-electron chi connectivity index (χ2n) is 6.15. The molecule has 0 unspecified atom stereocenters. The van der Waals surface area contributed by atoms with Gasteiger partial charge in [0.1, 0.15) is 35.8 Å². The predicted molar refractivity (Wildman–Crippen MR) is 109 cm³/mol. The predicted octanol–water partition coefficient (Wildman–Crippen LogP) is 2.87. The van der Waals surface area contributed by atoms with Crippen molar-refractivity contribution in [3.05, 3.63) is 42.1 Å². The summed E-state index contributed by atoms with van der Waals surface area (Å²) in [5, 5.41) is 8.39. The summed E-state index contributed by atoms with van der Waals surface area (Å²) < 4.78 is 28.9. The van der Waals surface area contributed by atoms with Crippen LogP contribution in [0.2, 0.25) is 0 Å². The molecule has 0 amide bonds. The summed E-state index contributed by atoms with van der Waals surface area (Å²) >= 11 is 0. The standard InChI is InChI=1S/C21H23N3O6/c1-26-15-10-19(28-3)21(20(11-15)29-4)16-12-24(23-22-16)7-8-30-17-6-5-14(13-25)9-18(17)27-2/h5-6,9-13H,7-8H2,1-4H3. The lowest BCUT2D eigenvalue weighted by molar-refractivity contribution is 0.112. The van der Waals surface area contributed by atoms with E-state index in [1.54, 1.807) is 62.5 Å². The van der Waals surface area contributed by atoms with E-state index in [4.69, 9.17) is 23.7 Å². The molecule has 0 atom stereocenters. The number of carbonyl (C=O) groups excluding carboxylic acids is 1. The van der Waals surface area contributed by atoms with Crippen molar-refractivity contribution >= 4 is 6.29 Å². The van der Waals surface area contributed by atoms with Gasteiger partial charge in [0, 0.05) is 17.7 Å². The highest BCUT2D eigenvalue weighted by molar-refractivity contribution is 5.76. The molecule has 0 saturated heterocycles. The van der Waals surface area contributed by atoms with Gasteiger partial charge in [-0.3, -0.25) is 4.79 Å². The minimum absolute atomic E-state index is 0.330. The molecule has 0 aliphatic rings. The lowest BCUT2D eigenvalue weighted by Crippen LogP contribution is -2.09. The van der Waals surface area contributed by atoms with Crippen molar-refractivity contribution in [3.63, 3.8) is 0 Å². The van der Waals surface area contributed by atoms with E-state index in [1.807, 2.05) is 0 Å². The average molecular weight is 413 g/mol. The molecule has 0 fully saturated rings. The zero-order valence-corrected chi connectivity index (χ0v) is 17.2. The molecule has 0 N–H and O–H groups in total. The highest BCUT2D eigenvalue weighted by Crippen LogP contribution is 2.40. The first-order valence-corrected chi connectivity index (χ1v) is 9.10. The maximum Gasteiger partial charge on any atom is 0.161 e. The van der Waals surface area contributed by atoms with Gasteiger partial charge in [0.05, 0.1) is 46.7 Å². The molecule has 3 aromatic rings. The van der Waals surface area contributed by atoms with E-state index in [2.05, 4.69) is 10.3 Å². The molecule has 158 valence electrons. The van der Waals surface area contributed by atoms with Crippen LogP contribution in [-0.2, 0) is 6.54 Å². The van der Waals surface area contributed by atoms with Gasteiger partial charge >= 0.3 is 0 Å². The Kier molecular flexibility index (Phi) is 6.74. The minimum Gasteiger partial charge on any atom is -0.496 e. The highest BCUT2D eigenvalue weighted by Gasteiger charge is 2.18. The van der Waals surface area contributed by atoms with Gasteiger partial charge in [-0.1, -0.05) is 5.21 Å². The molecular weight excluding hydrogens is 390 g/mol. The lowest BCUT2D eigenvalue weighted by Gasteiger charge is -2.13. The molecule has 0 bridgehead atoms. The summed E-state index contributed by atoms with van der Waals surface area (Å²) in [6.07, 6.45) is 2.54. The Morgan fingerprint density at radius 2 is 1.60 bits per heavy atom. The minimum atomic E-state index is 0.330. The molecule has 2 aromatic carbocycles. The van der Waals surface area contributed by atoms with Crippen LogP contribution in [0, 0.1) is 0 Å². The third-order valence-electron chi connectivity index (χ3n) is 4.41. The third-order valence-corrected chi connectivity index (χ3v) is 4.41. The fourth-order valence-corrected chi connectivity index (χ4v) is 2.91. The summed E-state index contributed by atoms with van der Waals surface area (Å²) in [5.74, 6) is 2.78. The summed E-state index contributed by atoms with van der Waals surface area (Å²) in [4.78, 5) is 10.9. The second kappa shape index (κ2) is 9.64. The third kappa shape index (κ3) is 4.45. The molecule has 3 rings (SSSR count). The topological polar surface area (TPSA) is 93.9 Å². The van der Waals surface area contributed by atoms with Gasteiger partial charge in [0.15, 0.2) is 11.5 Å². The molecule has 30 heavy (non-hydrogen) atoms. The number of hydrogen-bond donors (Lipinski definition) is 0. The van der Waals surface area contributed by atoms with Crippen molar-refractivity contribution in [2.45, 2.75) is 6.54 Å². The van der Waals surface area contributed by atoms with Crippen LogP contribution in [0.3, 0.4) is 0 Å². The van der Waals surface area contributed by atoms with Crippen molar-refractivity contribution in [1.82, 2.24) is 15.0 Å². The normalized spacial score (nSPS) is 10.4. The Morgan fingerprint density at radius 1 is 0.900 bits per heavy atom. The molecule has 1 heterocycles. The number of hydrogen-bond acceptors (Lipinski definition) is 8. The van der Waals surface area contributed by atoms with Crippen LogP contribution in [0.15, 0.2) is 36.5 Å². The number of nitrogens with zero attached hydrogens (tertiary/aromatic N) is 3. The molecule has 0 saturated carbocycles. The van der Waals surface area contributed by atoms with Crippen LogP contribution in [0.25, 0.3) is 11.3 Å². The van der Waals surface area contributed by atoms with Gasteiger partial charge < -0.3 is 23.7 Å². The monoisotopic (exact) mass is 413 g/mol. The summed E-state index contributed by atoms with van der Waals surface area (Å²) in [7, 11) is 6.24. The zero-order chi connectivity index (χ0) is 21.5. The Bertz CT molecular complexity index is 993. The number of ether oxygens (including phenoxy) is 5. The van der Waals surface area contributed by atoms with Crippen LogP contribution in [-0.4, -0.2) is 56.3 Å². The quantitative estimate of drug-likeness (QED) is 0.469. The number of benzene rings is 2. The molecular formula is C21H23N3O6. The molecule has 1 aromatic heterocycles. The van der Waals surface area contributed by atoms with E-state index in [1.165, 1.54) is 7.11 Å². The van der Waals surface area contributed by atoms with Crippen LogP contribution in [0.5, 0.6) is 28.7 Å². The number of methoxy groups -OCH3 is 4. The summed E-state index contributed by atoms with van der Waals surface area (Å²) in [6, 6.07) is 8.51. The number of aromatic nitrogens is 3. The fourth-order valence-electron chi connectivity index (χ4n) is 2.91. The van der Waals surface area contributed by atoms with Crippen molar-refractivity contribution < 1.29 is 28.5 Å². The maximum absolute atomic E-state index is 10.9. The van der Waals surface area contributed by atoms with Gasteiger partial charge in [-0.25, -0.2) is 4.68 Å². The van der Waals surface area contributed by atoms with Crippen molar-refractivity contribution in [1.29, 1.82) is 0 Å². The van der Waals surface area contributed by atoms with E-state index in [-0.39, 0.29) is 0 Å². The zero-order valence-electron chi connectivity index (χ0n) is 17.2. The van der Waals surface area contributed by atoms with Gasteiger partial charge in [-0.2, -0.15) is 0 Å². The van der Waals surface area contributed by atoms with Gasteiger partial charge in [-0.05, 0) is 18.2 Å². The van der Waals surface area contributed by atoms with Crippen LogP contribution in [0.4, 0.5) is 0 Å². The fraction of sp³-hybridized carbons (Fsp3) is 0.286. The first-order chi connectivity index (χ1) is 14.6. The largest absolute Gasteiger partial charge is 0.496 e. The lowest BCUT2D eigenvalue weighted by atomic mass is 10.1. The van der Waals surface area contributed by atoms with E-state index in [9.17, 15) is 4.79 Å². The highest BCUT2D eigenvalue weighted by atomic mass is 16.5. The SMILES string of the molecule is COc1cc(OC)c(-c2cn(CCOc3ccc(C=O)cc3OC)nn2)c(OC)c1. The van der Waals surface area contributed by atoms with Crippen molar-refractivity contribution in [3.8, 4) is 40.0 Å². The van der Waals surface area contributed by atoms with Crippen molar-refractivity contribution in [2.75, 3.05) is 35.0 Å². The summed E-state index contributed by atoms with van der Waals surface area (Å²) in [5.41, 5.74) is 1.79. The van der Waals surface area contributed by atoms with E-state index < -0.39 is 0 Å². The maximum atomic E-state index is 10.9. The Morgan fingerprint density at radius 3 is 2.20 bits per heavy atom. The Balaban J connectivity index is 1.74. The van der Waals surface area contributed by atoms with Crippen LogP contribution < -0.4 is 23.7 Å². The van der Waals surface area contributed by atoms with Gasteiger partial charge in [-0.15, -0.1) is 5.10 Å². The van der Waals surface area contributed by atoms with Gasteiger partial charge in [0.25, 0.3) is 0 Å². The van der Waals surface area contributed by atoms with Crippen LogP contribution >= 0.6 is 0 Å². The van der Waals surface area contributed by atoms with Crippen LogP contribution in [0.1, 0.15) is 10.4 Å². The first kappa shape index (κ1) is 21.0. The van der Waals surface area contributed by atoms with Crippen molar-refractivity contribution in [2.24, 2.45) is 0 Å². The number of aldehydes is 1. The van der Waals surface area contributed by atoms with Gasteiger partial charge in [0.2, 0.25) is 0 Å². The number of rotatable bonds is 10.